The predicted octanol–water partition coefficient (Wildman–Crippen LogP) is 3.44. The Labute approximate surface area is 124 Å². The van der Waals surface area contributed by atoms with E-state index in [-0.39, 0.29) is 6.61 Å². The first-order chi connectivity index (χ1) is 9.15. The van der Waals surface area contributed by atoms with Gasteiger partial charge in [-0.2, -0.15) is 0 Å². The van der Waals surface area contributed by atoms with Crippen LogP contribution in [0, 0.1) is 0 Å². The van der Waals surface area contributed by atoms with Gasteiger partial charge < -0.3 is 9.84 Å². The molecule has 1 aromatic rings. The van der Waals surface area contributed by atoms with E-state index in [2.05, 4.69) is 40.7 Å². The Hall–Kier alpha value is -0.580. The van der Waals surface area contributed by atoms with Crippen molar-refractivity contribution in [2.24, 2.45) is 0 Å². The van der Waals surface area contributed by atoms with Gasteiger partial charge in [-0.1, -0.05) is 29.8 Å². The quantitative estimate of drug-likeness (QED) is 0.793. The molecule has 0 spiro atoms. The highest BCUT2D eigenvalue weighted by Crippen LogP contribution is 2.25. The normalized spacial score (nSPS) is 11.3. The third kappa shape index (κ3) is 4.79. The largest absolute Gasteiger partial charge is 0.497 e. The van der Waals surface area contributed by atoms with Crippen LogP contribution in [0.5, 0.6) is 5.75 Å². The van der Waals surface area contributed by atoms with Gasteiger partial charge in [0, 0.05) is 23.6 Å². The zero-order chi connectivity index (χ0) is 14.3. The Morgan fingerprint density at radius 2 is 2.00 bits per heavy atom. The van der Waals surface area contributed by atoms with Crippen LogP contribution in [0.1, 0.15) is 32.3 Å². The predicted molar refractivity (Wildman–Crippen MR) is 82.6 cm³/mol. The zero-order valence-electron chi connectivity index (χ0n) is 12.0. The molecule has 0 unspecified atom stereocenters. The van der Waals surface area contributed by atoms with Gasteiger partial charge in [0.15, 0.2) is 0 Å². The van der Waals surface area contributed by atoms with Crippen molar-refractivity contribution in [3.8, 4) is 5.75 Å². The van der Waals surface area contributed by atoms with Gasteiger partial charge in [-0.15, -0.1) is 0 Å². The molecule has 108 valence electrons. The molecule has 0 bridgehead atoms. The van der Waals surface area contributed by atoms with Crippen molar-refractivity contribution in [2.45, 2.75) is 39.3 Å². The molecule has 0 saturated carbocycles. The summed E-state index contributed by atoms with van der Waals surface area (Å²) in [6.45, 7) is 6.11. The SMILES string of the molecule is CCC(CC)N(CCO)Cc1cc(OC)ccc1Br. The summed E-state index contributed by atoms with van der Waals surface area (Å²) in [5.74, 6) is 0.867. The molecule has 0 aliphatic heterocycles. The van der Waals surface area contributed by atoms with Gasteiger partial charge >= 0.3 is 0 Å². The molecule has 3 nitrogen and oxygen atoms in total. The summed E-state index contributed by atoms with van der Waals surface area (Å²) in [5.41, 5.74) is 1.19. The molecule has 0 atom stereocenters. The molecule has 19 heavy (non-hydrogen) atoms. The lowest BCUT2D eigenvalue weighted by Gasteiger charge is -2.30. The van der Waals surface area contributed by atoms with E-state index in [1.165, 1.54) is 5.56 Å². The maximum Gasteiger partial charge on any atom is 0.119 e. The number of benzene rings is 1. The summed E-state index contributed by atoms with van der Waals surface area (Å²) in [5, 5.41) is 9.25. The van der Waals surface area contributed by atoms with Crippen molar-refractivity contribution in [3.63, 3.8) is 0 Å². The fraction of sp³-hybridized carbons (Fsp3) is 0.600. The third-order valence-electron chi connectivity index (χ3n) is 3.47. The van der Waals surface area contributed by atoms with Crippen LogP contribution in [0.25, 0.3) is 0 Å². The fourth-order valence-electron chi connectivity index (χ4n) is 2.34. The molecular formula is C15H24BrNO2. The highest BCUT2D eigenvalue weighted by atomic mass is 79.9. The fourth-order valence-corrected chi connectivity index (χ4v) is 2.71. The van der Waals surface area contributed by atoms with Crippen LogP contribution in [0.15, 0.2) is 22.7 Å². The van der Waals surface area contributed by atoms with Crippen LogP contribution in [0.3, 0.4) is 0 Å². The number of rotatable bonds is 8. The van der Waals surface area contributed by atoms with E-state index < -0.39 is 0 Å². The molecule has 0 heterocycles. The summed E-state index contributed by atoms with van der Waals surface area (Å²) in [7, 11) is 1.68. The van der Waals surface area contributed by atoms with Gasteiger partial charge in [0.2, 0.25) is 0 Å². The summed E-state index contributed by atoms with van der Waals surface area (Å²) >= 11 is 3.59. The summed E-state index contributed by atoms with van der Waals surface area (Å²) < 4.78 is 6.36. The van der Waals surface area contributed by atoms with Crippen LogP contribution in [0.4, 0.5) is 0 Å². The highest BCUT2D eigenvalue weighted by Gasteiger charge is 2.16. The Balaban J connectivity index is 2.88. The topological polar surface area (TPSA) is 32.7 Å². The second-order valence-electron chi connectivity index (χ2n) is 4.62. The molecule has 1 rings (SSSR count). The molecule has 1 N–H and O–H groups in total. The molecule has 0 aromatic heterocycles. The molecule has 4 heteroatoms. The van der Waals surface area contributed by atoms with E-state index in [0.717, 1.165) is 29.6 Å². The number of nitrogens with zero attached hydrogens (tertiary/aromatic N) is 1. The Morgan fingerprint density at radius 3 is 2.53 bits per heavy atom. The first kappa shape index (κ1) is 16.5. The molecule has 0 amide bonds. The minimum absolute atomic E-state index is 0.193. The summed E-state index contributed by atoms with van der Waals surface area (Å²) in [6.07, 6.45) is 2.19. The lowest BCUT2D eigenvalue weighted by Crippen LogP contribution is -2.36. The lowest BCUT2D eigenvalue weighted by molar-refractivity contribution is 0.136. The number of aliphatic hydroxyl groups is 1. The van der Waals surface area contributed by atoms with Crippen molar-refractivity contribution in [1.82, 2.24) is 4.90 Å². The monoisotopic (exact) mass is 329 g/mol. The number of ether oxygens (including phenoxy) is 1. The molecule has 0 aliphatic rings. The number of hydrogen-bond acceptors (Lipinski definition) is 3. The highest BCUT2D eigenvalue weighted by molar-refractivity contribution is 9.10. The van der Waals surface area contributed by atoms with E-state index >= 15 is 0 Å². The Morgan fingerprint density at radius 1 is 1.32 bits per heavy atom. The van der Waals surface area contributed by atoms with Gasteiger partial charge in [-0.05, 0) is 36.6 Å². The second-order valence-corrected chi connectivity index (χ2v) is 5.48. The number of hydrogen-bond donors (Lipinski definition) is 1. The van der Waals surface area contributed by atoms with Crippen molar-refractivity contribution in [2.75, 3.05) is 20.3 Å². The van der Waals surface area contributed by atoms with Gasteiger partial charge in [-0.3, -0.25) is 4.90 Å². The van der Waals surface area contributed by atoms with Crippen molar-refractivity contribution in [3.05, 3.63) is 28.2 Å². The number of halogens is 1. The van der Waals surface area contributed by atoms with Crippen LogP contribution >= 0.6 is 15.9 Å². The number of methoxy groups -OCH3 is 1. The van der Waals surface area contributed by atoms with Crippen LogP contribution in [-0.4, -0.2) is 36.3 Å². The molecule has 0 saturated heterocycles. The lowest BCUT2D eigenvalue weighted by atomic mass is 10.1. The Kier molecular flexibility index (Phi) is 7.42. The minimum atomic E-state index is 0.193. The molecule has 1 aromatic carbocycles. The van der Waals surface area contributed by atoms with Gasteiger partial charge in [0.05, 0.1) is 13.7 Å². The zero-order valence-corrected chi connectivity index (χ0v) is 13.6. The van der Waals surface area contributed by atoms with Gasteiger partial charge in [0.1, 0.15) is 5.75 Å². The van der Waals surface area contributed by atoms with Crippen molar-refractivity contribution >= 4 is 15.9 Å². The van der Waals surface area contributed by atoms with E-state index in [1.807, 2.05) is 12.1 Å². The van der Waals surface area contributed by atoms with Crippen LogP contribution < -0.4 is 4.74 Å². The first-order valence-corrected chi connectivity index (χ1v) is 7.62. The minimum Gasteiger partial charge on any atom is -0.497 e. The smallest absolute Gasteiger partial charge is 0.119 e. The molecule has 0 aliphatic carbocycles. The van der Waals surface area contributed by atoms with Crippen LogP contribution in [0.2, 0.25) is 0 Å². The maximum atomic E-state index is 9.25. The first-order valence-electron chi connectivity index (χ1n) is 6.83. The molecular weight excluding hydrogens is 306 g/mol. The van der Waals surface area contributed by atoms with Crippen molar-refractivity contribution in [1.29, 1.82) is 0 Å². The average molecular weight is 330 g/mol. The summed E-state index contributed by atoms with van der Waals surface area (Å²) in [4.78, 5) is 2.33. The van der Waals surface area contributed by atoms with Crippen molar-refractivity contribution < 1.29 is 9.84 Å². The van der Waals surface area contributed by atoms with Gasteiger partial charge in [-0.25, -0.2) is 0 Å². The molecule has 0 radical (unpaired) electrons. The maximum absolute atomic E-state index is 9.25. The second kappa shape index (κ2) is 8.56. The van der Waals surface area contributed by atoms with E-state index in [4.69, 9.17) is 4.74 Å². The van der Waals surface area contributed by atoms with E-state index in [1.54, 1.807) is 7.11 Å². The van der Waals surface area contributed by atoms with E-state index in [9.17, 15) is 5.11 Å². The van der Waals surface area contributed by atoms with E-state index in [0.29, 0.717) is 12.6 Å². The summed E-state index contributed by atoms with van der Waals surface area (Å²) in [6, 6.07) is 6.51. The van der Waals surface area contributed by atoms with Crippen LogP contribution in [-0.2, 0) is 6.54 Å². The number of aliphatic hydroxyl groups excluding tert-OH is 1. The van der Waals surface area contributed by atoms with Gasteiger partial charge in [0.25, 0.3) is 0 Å². The Bertz CT molecular complexity index is 380. The molecule has 0 fully saturated rings. The third-order valence-corrected chi connectivity index (χ3v) is 4.25. The average Bonchev–Trinajstić information content (AvgIpc) is 2.42. The standard InChI is InChI=1S/C15H24BrNO2/c1-4-13(5-2)17(8-9-18)11-12-10-14(19-3)6-7-15(12)16/h6-7,10,13,18H,4-5,8-9,11H2,1-3H3.